The zero-order valence-electron chi connectivity index (χ0n) is 18.2. The number of hydrogen-bond donors (Lipinski definition) is 2. The van der Waals surface area contributed by atoms with Crippen molar-refractivity contribution < 1.29 is 27.4 Å². The van der Waals surface area contributed by atoms with E-state index < -0.39 is 24.2 Å². The Morgan fingerprint density at radius 3 is 2.55 bits per heavy atom. The Bertz CT molecular complexity index is 1180. The van der Waals surface area contributed by atoms with Gasteiger partial charge >= 0.3 is 6.18 Å². The monoisotopic (exact) mass is 460 g/mol. The number of amides is 1. The summed E-state index contributed by atoms with van der Waals surface area (Å²) in [5.74, 6) is 0.325. The third kappa shape index (κ3) is 4.33. The van der Waals surface area contributed by atoms with Crippen LogP contribution < -0.4 is 20.1 Å². The summed E-state index contributed by atoms with van der Waals surface area (Å²) in [7, 11) is 2.94. The average Bonchev–Trinajstić information content (AvgIpc) is 3.22. The number of carbonyl (C=O) groups is 1. The molecule has 0 saturated carbocycles. The highest BCUT2D eigenvalue weighted by molar-refractivity contribution is 6.07. The molecule has 1 aliphatic rings. The van der Waals surface area contributed by atoms with Crippen molar-refractivity contribution in [2.24, 2.45) is 0 Å². The average molecular weight is 460 g/mol. The first-order chi connectivity index (χ1) is 15.7. The minimum absolute atomic E-state index is 0.00874. The molecule has 33 heavy (non-hydrogen) atoms. The van der Waals surface area contributed by atoms with E-state index in [1.165, 1.54) is 14.2 Å². The zero-order valence-corrected chi connectivity index (χ0v) is 18.2. The van der Waals surface area contributed by atoms with Gasteiger partial charge in [-0.25, -0.2) is 4.68 Å². The van der Waals surface area contributed by atoms with Gasteiger partial charge in [0.25, 0.3) is 5.91 Å². The molecule has 10 heteroatoms. The Kier molecular flexibility index (Phi) is 5.92. The molecular formula is C23H23F3N4O3. The van der Waals surface area contributed by atoms with Crippen LogP contribution in [0.2, 0.25) is 0 Å². The number of nitrogens with one attached hydrogen (secondary N) is 2. The lowest BCUT2D eigenvalue weighted by molar-refractivity contribution is -0.173. The van der Waals surface area contributed by atoms with E-state index >= 15 is 0 Å². The van der Waals surface area contributed by atoms with Crippen molar-refractivity contribution in [3.63, 3.8) is 0 Å². The second-order valence-electron chi connectivity index (χ2n) is 7.72. The van der Waals surface area contributed by atoms with E-state index in [4.69, 9.17) is 9.47 Å². The molecule has 174 valence electrons. The van der Waals surface area contributed by atoms with Gasteiger partial charge in [-0.15, -0.1) is 0 Å². The third-order valence-corrected chi connectivity index (χ3v) is 5.69. The van der Waals surface area contributed by atoms with Gasteiger partial charge in [-0.05, 0) is 36.2 Å². The fraction of sp³-hybridized carbons (Fsp3) is 0.304. The lowest BCUT2D eigenvalue weighted by Crippen LogP contribution is -2.36. The van der Waals surface area contributed by atoms with E-state index in [1.54, 1.807) is 30.3 Å². The van der Waals surface area contributed by atoms with E-state index in [0.717, 1.165) is 16.4 Å². The van der Waals surface area contributed by atoms with Gasteiger partial charge in [-0.1, -0.05) is 24.3 Å². The molecule has 4 rings (SSSR count). The molecule has 1 amide bonds. The largest absolute Gasteiger partial charge is 0.493 e. The summed E-state index contributed by atoms with van der Waals surface area (Å²) < 4.78 is 53.2. The number of aromatic nitrogens is 2. The number of para-hydroxylation sites is 1. The maximum atomic E-state index is 13.9. The van der Waals surface area contributed by atoms with Crippen LogP contribution >= 0.6 is 0 Å². The molecule has 2 aromatic carbocycles. The number of rotatable bonds is 5. The number of hydrogen-bond acceptors (Lipinski definition) is 5. The third-order valence-electron chi connectivity index (χ3n) is 5.69. The number of methoxy groups -OCH3 is 2. The van der Waals surface area contributed by atoms with Gasteiger partial charge in [-0.3, -0.25) is 4.79 Å². The maximum absolute atomic E-state index is 13.9. The highest BCUT2D eigenvalue weighted by Crippen LogP contribution is 2.45. The molecule has 1 aliphatic heterocycles. The fourth-order valence-corrected chi connectivity index (χ4v) is 3.92. The van der Waals surface area contributed by atoms with Crippen molar-refractivity contribution in [1.82, 2.24) is 9.78 Å². The van der Waals surface area contributed by atoms with Crippen LogP contribution in [0.1, 0.15) is 40.0 Å². The van der Waals surface area contributed by atoms with Crippen LogP contribution in [-0.2, 0) is 0 Å². The number of aryl methyl sites for hydroxylation is 1. The number of carbonyl (C=O) groups excluding carboxylic acids is 1. The van der Waals surface area contributed by atoms with Crippen LogP contribution in [0, 0.1) is 6.92 Å². The molecule has 2 heterocycles. The molecule has 0 saturated heterocycles. The first kappa shape index (κ1) is 22.5. The Hall–Kier alpha value is -3.69. The van der Waals surface area contributed by atoms with E-state index in [2.05, 4.69) is 15.7 Å². The molecule has 0 unspecified atom stereocenters. The number of ether oxygens (including phenoxy) is 2. The van der Waals surface area contributed by atoms with Gasteiger partial charge in [0.2, 0.25) is 0 Å². The normalized spacial score (nSPS) is 17.6. The van der Waals surface area contributed by atoms with Crippen LogP contribution in [0.5, 0.6) is 11.5 Å². The van der Waals surface area contributed by atoms with Crippen LogP contribution in [-0.4, -0.2) is 36.1 Å². The SMILES string of the molecule is COc1ccc([C@@H]2C[C@@H](C(F)(F)F)n3ncc(C(=O)Nc4ccccc4C)c3N2)cc1OC. The Morgan fingerprint density at radius 2 is 1.88 bits per heavy atom. The van der Waals surface area contributed by atoms with E-state index in [1.807, 2.05) is 19.1 Å². The van der Waals surface area contributed by atoms with Crippen molar-refractivity contribution in [1.29, 1.82) is 0 Å². The van der Waals surface area contributed by atoms with E-state index in [9.17, 15) is 18.0 Å². The fourth-order valence-electron chi connectivity index (χ4n) is 3.92. The minimum atomic E-state index is -4.55. The van der Waals surface area contributed by atoms with Crippen LogP contribution in [0.15, 0.2) is 48.7 Å². The van der Waals surface area contributed by atoms with Gasteiger partial charge in [-0.2, -0.15) is 18.3 Å². The second kappa shape index (κ2) is 8.68. The molecule has 0 aliphatic carbocycles. The zero-order chi connectivity index (χ0) is 23.8. The Balaban J connectivity index is 1.71. The molecule has 0 fully saturated rings. The standard InChI is InChI=1S/C23H23F3N4O3/c1-13-6-4-5-7-16(13)29-22(31)15-12-27-30-20(23(24,25)26)11-17(28-21(15)30)14-8-9-18(32-2)19(10-14)33-3/h4-10,12,17,20,28H,11H2,1-3H3,(H,29,31)/t17-,20-/m0/s1. The van der Waals surface area contributed by atoms with Gasteiger partial charge in [0.1, 0.15) is 11.4 Å². The molecule has 7 nitrogen and oxygen atoms in total. The predicted molar refractivity (Wildman–Crippen MR) is 117 cm³/mol. The molecular weight excluding hydrogens is 437 g/mol. The first-order valence-corrected chi connectivity index (χ1v) is 10.2. The number of fused-ring (bicyclic) bond motifs is 1. The van der Waals surface area contributed by atoms with Gasteiger partial charge in [0, 0.05) is 12.1 Å². The molecule has 0 bridgehead atoms. The highest BCUT2D eigenvalue weighted by atomic mass is 19.4. The highest BCUT2D eigenvalue weighted by Gasteiger charge is 2.47. The van der Waals surface area contributed by atoms with Crippen molar-refractivity contribution in [3.05, 3.63) is 65.4 Å². The summed E-state index contributed by atoms with van der Waals surface area (Å²) in [6, 6.07) is 9.45. The van der Waals surface area contributed by atoms with Crippen molar-refractivity contribution in [2.45, 2.75) is 31.6 Å². The summed E-state index contributed by atoms with van der Waals surface area (Å²) >= 11 is 0. The Labute approximate surface area is 188 Å². The molecule has 0 spiro atoms. The maximum Gasteiger partial charge on any atom is 0.410 e. The summed E-state index contributed by atoms with van der Waals surface area (Å²) in [5.41, 5.74) is 2.00. The van der Waals surface area contributed by atoms with Crippen LogP contribution in [0.4, 0.5) is 24.7 Å². The van der Waals surface area contributed by atoms with Gasteiger partial charge in [0.15, 0.2) is 17.5 Å². The van der Waals surface area contributed by atoms with Crippen LogP contribution in [0.25, 0.3) is 0 Å². The summed E-state index contributed by atoms with van der Waals surface area (Å²) in [6.07, 6.45) is -3.69. The number of nitrogens with zero attached hydrogens (tertiary/aromatic N) is 2. The van der Waals surface area contributed by atoms with Crippen molar-refractivity contribution in [3.8, 4) is 11.5 Å². The van der Waals surface area contributed by atoms with Gasteiger partial charge in [0.05, 0.1) is 26.5 Å². The molecule has 3 aromatic rings. The quantitative estimate of drug-likeness (QED) is 0.553. The summed E-state index contributed by atoms with van der Waals surface area (Å²) in [5, 5.41) is 9.74. The lowest BCUT2D eigenvalue weighted by Gasteiger charge is -2.34. The van der Waals surface area contributed by atoms with E-state index in [0.29, 0.717) is 22.7 Å². The Morgan fingerprint density at radius 1 is 1.15 bits per heavy atom. The number of benzene rings is 2. The topological polar surface area (TPSA) is 77.4 Å². The lowest BCUT2D eigenvalue weighted by atomic mass is 9.96. The smallest absolute Gasteiger partial charge is 0.410 e. The number of halogens is 3. The number of anilines is 2. The molecule has 2 atom stereocenters. The van der Waals surface area contributed by atoms with Crippen LogP contribution in [0.3, 0.4) is 0 Å². The molecule has 2 N–H and O–H groups in total. The second-order valence-corrected chi connectivity index (χ2v) is 7.72. The summed E-state index contributed by atoms with van der Waals surface area (Å²) in [6.45, 7) is 1.83. The predicted octanol–water partition coefficient (Wildman–Crippen LogP) is 5.12. The van der Waals surface area contributed by atoms with Gasteiger partial charge < -0.3 is 20.1 Å². The van der Waals surface area contributed by atoms with Crippen molar-refractivity contribution in [2.75, 3.05) is 24.9 Å². The minimum Gasteiger partial charge on any atom is -0.493 e. The molecule has 0 radical (unpaired) electrons. The first-order valence-electron chi connectivity index (χ1n) is 10.2. The molecule has 1 aromatic heterocycles. The van der Waals surface area contributed by atoms with E-state index in [-0.39, 0.29) is 17.8 Å². The van der Waals surface area contributed by atoms with Crippen molar-refractivity contribution >= 4 is 17.4 Å². The number of alkyl halides is 3. The summed E-state index contributed by atoms with van der Waals surface area (Å²) in [4.78, 5) is 13.0.